The average molecular weight is 217 g/mol. The Morgan fingerprint density at radius 3 is 2.85 bits per heavy atom. The molecule has 0 saturated heterocycles. The molecular weight excluding hydrogens is 202 g/mol. The van der Waals surface area contributed by atoms with E-state index in [2.05, 4.69) is 23.4 Å². The number of rotatable bonds is 5. The van der Waals surface area contributed by atoms with Crippen LogP contribution >= 0.6 is 23.3 Å². The molecule has 0 aliphatic carbocycles. The van der Waals surface area contributed by atoms with E-state index in [1.54, 1.807) is 0 Å². The highest BCUT2D eigenvalue weighted by atomic mass is 32.2. The second-order valence-electron chi connectivity index (χ2n) is 3.32. The molecule has 0 spiro atoms. The Balaban J connectivity index is 2.17. The highest BCUT2D eigenvalue weighted by Gasteiger charge is 2.03. The maximum absolute atomic E-state index is 5.66. The van der Waals surface area contributed by atoms with Gasteiger partial charge in [-0.05, 0) is 18.1 Å². The van der Waals surface area contributed by atoms with Gasteiger partial charge in [-0.15, -0.1) is 5.10 Å². The van der Waals surface area contributed by atoms with Crippen molar-refractivity contribution in [3.8, 4) is 0 Å². The molecular formula is C8H15N3S2. The quantitative estimate of drug-likeness (QED) is 0.769. The predicted octanol–water partition coefficient (Wildman–Crippen LogP) is 2.40. The first kappa shape index (κ1) is 10.8. The number of nitrogens with two attached hydrogens (primary N) is 1. The largest absolute Gasteiger partial charge is 0.388 e. The molecule has 1 aromatic rings. The molecule has 1 aromatic heterocycles. The van der Waals surface area contributed by atoms with Crippen molar-refractivity contribution in [1.29, 1.82) is 0 Å². The zero-order valence-electron chi connectivity index (χ0n) is 7.99. The Hall–Kier alpha value is -0.290. The van der Waals surface area contributed by atoms with Gasteiger partial charge in [-0.3, -0.25) is 0 Å². The fraction of sp³-hybridized carbons (Fsp3) is 0.750. The Bertz CT molecular complexity index is 247. The molecule has 74 valence electrons. The standard InChI is InChI=1S/C8H15N3S2/c1-6(2)3-4-12-5-7-8(9)13-11-10-7/h6H,3-5,9H2,1-2H3. The Morgan fingerprint density at radius 2 is 2.31 bits per heavy atom. The average Bonchev–Trinajstić information content (AvgIpc) is 2.45. The monoisotopic (exact) mass is 217 g/mol. The molecule has 5 heteroatoms. The Kier molecular flexibility index (Phi) is 4.52. The minimum absolute atomic E-state index is 0.761. The molecule has 0 fully saturated rings. The fourth-order valence-electron chi connectivity index (χ4n) is 0.804. The van der Waals surface area contributed by atoms with Gasteiger partial charge in [-0.25, -0.2) is 0 Å². The molecule has 0 aliphatic heterocycles. The van der Waals surface area contributed by atoms with E-state index in [0.29, 0.717) is 0 Å². The number of hydrogen-bond acceptors (Lipinski definition) is 5. The van der Waals surface area contributed by atoms with Crippen LogP contribution in [0.1, 0.15) is 26.0 Å². The third-order valence-electron chi connectivity index (χ3n) is 1.66. The van der Waals surface area contributed by atoms with E-state index in [-0.39, 0.29) is 0 Å². The van der Waals surface area contributed by atoms with Gasteiger partial charge in [0.15, 0.2) is 0 Å². The predicted molar refractivity (Wildman–Crippen MR) is 59.9 cm³/mol. The highest BCUT2D eigenvalue weighted by Crippen LogP contribution is 2.20. The van der Waals surface area contributed by atoms with E-state index >= 15 is 0 Å². The zero-order chi connectivity index (χ0) is 9.68. The number of nitrogen functional groups attached to an aromatic ring is 1. The number of aromatic nitrogens is 2. The van der Waals surface area contributed by atoms with E-state index in [9.17, 15) is 0 Å². The summed E-state index contributed by atoms with van der Waals surface area (Å²) in [7, 11) is 0. The van der Waals surface area contributed by atoms with Crippen LogP contribution < -0.4 is 5.73 Å². The third kappa shape index (κ3) is 3.95. The first-order valence-electron chi connectivity index (χ1n) is 4.34. The minimum Gasteiger partial charge on any atom is -0.388 e. The first-order valence-corrected chi connectivity index (χ1v) is 6.27. The van der Waals surface area contributed by atoms with Crippen LogP contribution in [0.25, 0.3) is 0 Å². The van der Waals surface area contributed by atoms with Crippen molar-refractivity contribution in [1.82, 2.24) is 9.59 Å². The lowest BCUT2D eigenvalue weighted by atomic mass is 10.2. The number of thioether (sulfide) groups is 1. The molecule has 0 aliphatic rings. The second-order valence-corrected chi connectivity index (χ2v) is 5.21. The number of hydrogen-bond donors (Lipinski definition) is 1. The molecule has 3 nitrogen and oxygen atoms in total. The van der Waals surface area contributed by atoms with Crippen molar-refractivity contribution in [2.75, 3.05) is 11.5 Å². The van der Waals surface area contributed by atoms with Gasteiger partial charge in [-0.1, -0.05) is 18.3 Å². The van der Waals surface area contributed by atoms with Gasteiger partial charge in [0.25, 0.3) is 0 Å². The minimum atomic E-state index is 0.761. The van der Waals surface area contributed by atoms with Gasteiger partial charge in [0.1, 0.15) is 10.7 Å². The van der Waals surface area contributed by atoms with Gasteiger partial charge < -0.3 is 5.73 Å². The molecule has 0 bridgehead atoms. The molecule has 1 heterocycles. The smallest absolute Gasteiger partial charge is 0.131 e. The van der Waals surface area contributed by atoms with Crippen LogP contribution in [0.3, 0.4) is 0 Å². The van der Waals surface area contributed by atoms with Crippen molar-refractivity contribution in [3.63, 3.8) is 0 Å². The Labute approximate surface area is 87.3 Å². The van der Waals surface area contributed by atoms with Crippen molar-refractivity contribution in [3.05, 3.63) is 5.69 Å². The van der Waals surface area contributed by atoms with Crippen LogP contribution in [-0.4, -0.2) is 15.3 Å². The maximum atomic E-state index is 5.66. The molecule has 0 radical (unpaired) electrons. The van der Waals surface area contributed by atoms with Crippen LogP contribution in [0.4, 0.5) is 5.00 Å². The van der Waals surface area contributed by atoms with Crippen LogP contribution in [0.5, 0.6) is 0 Å². The van der Waals surface area contributed by atoms with E-state index < -0.39 is 0 Å². The number of anilines is 1. The summed E-state index contributed by atoms with van der Waals surface area (Å²) in [4.78, 5) is 0. The van der Waals surface area contributed by atoms with Crippen molar-refractivity contribution < 1.29 is 0 Å². The fourth-order valence-corrected chi connectivity index (χ4v) is 2.53. The molecule has 13 heavy (non-hydrogen) atoms. The third-order valence-corrected chi connectivity index (χ3v) is 3.26. The maximum Gasteiger partial charge on any atom is 0.131 e. The summed E-state index contributed by atoms with van der Waals surface area (Å²) in [6, 6.07) is 0. The van der Waals surface area contributed by atoms with Crippen LogP contribution in [-0.2, 0) is 5.75 Å². The summed E-state index contributed by atoms with van der Waals surface area (Å²) >= 11 is 3.15. The summed E-state index contributed by atoms with van der Waals surface area (Å²) in [6.07, 6.45) is 1.25. The van der Waals surface area contributed by atoms with Gasteiger partial charge in [0.2, 0.25) is 0 Å². The van der Waals surface area contributed by atoms with Crippen molar-refractivity contribution in [2.24, 2.45) is 5.92 Å². The second kappa shape index (κ2) is 5.44. The van der Waals surface area contributed by atoms with Gasteiger partial charge in [-0.2, -0.15) is 11.8 Å². The SMILES string of the molecule is CC(C)CCSCc1nnsc1N. The summed E-state index contributed by atoms with van der Waals surface area (Å²) in [5.74, 6) is 2.85. The first-order chi connectivity index (χ1) is 6.20. The van der Waals surface area contributed by atoms with Gasteiger partial charge >= 0.3 is 0 Å². The molecule has 1 rings (SSSR count). The van der Waals surface area contributed by atoms with Crippen LogP contribution in [0.15, 0.2) is 0 Å². The number of nitrogens with zero attached hydrogens (tertiary/aromatic N) is 2. The molecule has 2 N–H and O–H groups in total. The highest BCUT2D eigenvalue weighted by molar-refractivity contribution is 7.98. The topological polar surface area (TPSA) is 51.8 Å². The summed E-state index contributed by atoms with van der Waals surface area (Å²) in [6.45, 7) is 4.47. The van der Waals surface area contributed by atoms with E-state index in [0.717, 1.165) is 22.4 Å². The lowest BCUT2D eigenvalue weighted by Crippen LogP contribution is -1.92. The molecule has 0 atom stereocenters. The lowest BCUT2D eigenvalue weighted by Gasteiger charge is -2.02. The molecule has 0 amide bonds. The normalized spacial score (nSPS) is 11.0. The van der Waals surface area contributed by atoms with Gasteiger partial charge in [0.05, 0.1) is 0 Å². The Morgan fingerprint density at radius 1 is 1.54 bits per heavy atom. The van der Waals surface area contributed by atoms with Crippen molar-refractivity contribution in [2.45, 2.75) is 26.0 Å². The van der Waals surface area contributed by atoms with Crippen LogP contribution in [0, 0.1) is 5.92 Å². The lowest BCUT2D eigenvalue weighted by molar-refractivity contribution is 0.632. The van der Waals surface area contributed by atoms with Gasteiger partial charge in [0, 0.05) is 17.3 Å². The summed E-state index contributed by atoms with van der Waals surface area (Å²) in [5, 5.41) is 4.72. The molecule has 0 saturated carbocycles. The van der Waals surface area contributed by atoms with Crippen LogP contribution in [0.2, 0.25) is 0 Å². The van der Waals surface area contributed by atoms with E-state index in [4.69, 9.17) is 5.73 Å². The summed E-state index contributed by atoms with van der Waals surface area (Å²) < 4.78 is 3.79. The molecule has 0 aromatic carbocycles. The van der Waals surface area contributed by atoms with Crippen molar-refractivity contribution >= 4 is 28.3 Å². The summed E-state index contributed by atoms with van der Waals surface area (Å²) in [5.41, 5.74) is 6.61. The zero-order valence-corrected chi connectivity index (χ0v) is 9.62. The van der Waals surface area contributed by atoms with E-state index in [1.807, 2.05) is 11.8 Å². The van der Waals surface area contributed by atoms with E-state index in [1.165, 1.54) is 23.7 Å². The molecule has 0 unspecified atom stereocenters.